The molecule has 0 radical (unpaired) electrons. The van der Waals surface area contributed by atoms with Crippen LogP contribution in [0.1, 0.15) is 12.0 Å². The summed E-state index contributed by atoms with van der Waals surface area (Å²) in [6.45, 7) is 1.03. The number of amides is 1. The molecule has 1 N–H and O–H groups in total. The number of carbonyl (C=O) groups is 1. The van der Waals surface area contributed by atoms with Crippen LogP contribution in [-0.4, -0.2) is 19.1 Å². The molecule has 3 rings (SSSR count). The number of fused-ring (bicyclic) bond motifs is 1. The van der Waals surface area contributed by atoms with Gasteiger partial charge in [-0.1, -0.05) is 18.2 Å². The second-order valence-corrected chi connectivity index (χ2v) is 5.00. The van der Waals surface area contributed by atoms with E-state index in [9.17, 15) is 9.18 Å². The Bertz CT molecular complexity index is 687. The first-order chi connectivity index (χ1) is 10.7. The molecule has 1 aliphatic rings. The van der Waals surface area contributed by atoms with Gasteiger partial charge in [0.15, 0.2) is 11.5 Å². The van der Waals surface area contributed by atoms with E-state index >= 15 is 0 Å². The monoisotopic (exact) mass is 301 g/mol. The number of ether oxygens (including phenoxy) is 2. The summed E-state index contributed by atoms with van der Waals surface area (Å²) in [7, 11) is 0. The van der Waals surface area contributed by atoms with Crippen LogP contribution in [0.5, 0.6) is 11.5 Å². The van der Waals surface area contributed by atoms with Crippen LogP contribution in [0.3, 0.4) is 0 Å². The van der Waals surface area contributed by atoms with Gasteiger partial charge in [0.05, 0.1) is 0 Å². The number of benzene rings is 2. The molecule has 114 valence electrons. The summed E-state index contributed by atoms with van der Waals surface area (Å²) < 4.78 is 24.4. The molecule has 0 bridgehead atoms. The molecule has 0 atom stereocenters. The van der Waals surface area contributed by atoms with Crippen molar-refractivity contribution in [1.29, 1.82) is 0 Å². The lowest BCUT2D eigenvalue weighted by atomic mass is 10.1. The number of carbonyl (C=O) groups excluding carboxylic acids is 1. The lowest BCUT2D eigenvalue weighted by molar-refractivity contribution is -0.116. The van der Waals surface area contributed by atoms with Gasteiger partial charge in [0.2, 0.25) is 5.91 Å². The van der Waals surface area contributed by atoms with Crippen molar-refractivity contribution in [1.82, 2.24) is 0 Å². The topological polar surface area (TPSA) is 47.6 Å². The molecule has 0 aromatic heterocycles. The molecule has 22 heavy (non-hydrogen) atoms. The molecule has 1 aliphatic heterocycles. The van der Waals surface area contributed by atoms with E-state index < -0.39 is 0 Å². The minimum atomic E-state index is -0.283. The zero-order chi connectivity index (χ0) is 15.4. The molecule has 0 fully saturated rings. The summed E-state index contributed by atoms with van der Waals surface area (Å²) in [5.74, 6) is 0.850. The molecule has 0 unspecified atom stereocenters. The van der Waals surface area contributed by atoms with Crippen molar-refractivity contribution >= 4 is 11.6 Å². The van der Waals surface area contributed by atoms with Gasteiger partial charge in [-0.15, -0.1) is 0 Å². The Kier molecular flexibility index (Phi) is 4.23. The summed E-state index contributed by atoms with van der Waals surface area (Å²) >= 11 is 0. The van der Waals surface area contributed by atoms with E-state index in [-0.39, 0.29) is 18.1 Å². The maximum Gasteiger partial charge on any atom is 0.224 e. The minimum Gasteiger partial charge on any atom is -0.486 e. The average molecular weight is 301 g/mol. The zero-order valence-corrected chi connectivity index (χ0v) is 12.0. The van der Waals surface area contributed by atoms with E-state index in [1.165, 1.54) is 6.07 Å². The lowest BCUT2D eigenvalue weighted by Crippen LogP contribution is -2.16. The maximum absolute atomic E-state index is 13.5. The van der Waals surface area contributed by atoms with Crippen molar-refractivity contribution in [2.24, 2.45) is 0 Å². The van der Waals surface area contributed by atoms with E-state index in [1.54, 1.807) is 36.4 Å². The molecule has 0 spiro atoms. The Morgan fingerprint density at radius 2 is 1.86 bits per heavy atom. The molecular weight excluding hydrogens is 285 g/mol. The van der Waals surface area contributed by atoms with Crippen molar-refractivity contribution in [3.8, 4) is 11.5 Å². The summed E-state index contributed by atoms with van der Waals surface area (Å²) in [6, 6.07) is 11.7. The third kappa shape index (κ3) is 3.36. The summed E-state index contributed by atoms with van der Waals surface area (Å²) in [6.07, 6.45) is 0.582. The highest BCUT2D eigenvalue weighted by atomic mass is 19.1. The van der Waals surface area contributed by atoms with Gasteiger partial charge in [0, 0.05) is 18.2 Å². The van der Waals surface area contributed by atoms with Crippen LogP contribution in [0.4, 0.5) is 10.1 Å². The maximum atomic E-state index is 13.5. The van der Waals surface area contributed by atoms with Gasteiger partial charge >= 0.3 is 0 Å². The molecule has 1 heterocycles. The molecule has 1 amide bonds. The Morgan fingerprint density at radius 3 is 2.68 bits per heavy atom. The predicted molar refractivity (Wildman–Crippen MR) is 80.8 cm³/mol. The Labute approximate surface area is 127 Å². The van der Waals surface area contributed by atoms with Crippen molar-refractivity contribution < 1.29 is 18.7 Å². The highest BCUT2D eigenvalue weighted by molar-refractivity contribution is 5.91. The van der Waals surface area contributed by atoms with Gasteiger partial charge in [-0.25, -0.2) is 4.39 Å². The molecule has 5 heteroatoms. The molecular formula is C17H16FNO3. The standard InChI is InChI=1S/C17H16FNO3/c18-14-4-2-1-3-12(14)5-8-17(20)19-13-6-7-15-16(11-13)22-10-9-21-15/h1-4,6-7,11H,5,8-10H2,(H,19,20). The van der Waals surface area contributed by atoms with Gasteiger partial charge in [0.1, 0.15) is 19.0 Å². The Balaban J connectivity index is 1.59. The second-order valence-electron chi connectivity index (χ2n) is 5.00. The van der Waals surface area contributed by atoms with Gasteiger partial charge in [0.25, 0.3) is 0 Å². The fourth-order valence-electron chi connectivity index (χ4n) is 2.29. The van der Waals surface area contributed by atoms with Crippen LogP contribution < -0.4 is 14.8 Å². The van der Waals surface area contributed by atoms with Crippen molar-refractivity contribution in [3.63, 3.8) is 0 Å². The fraction of sp³-hybridized carbons (Fsp3) is 0.235. The van der Waals surface area contributed by atoms with Crippen LogP contribution >= 0.6 is 0 Å². The average Bonchev–Trinajstić information content (AvgIpc) is 2.54. The number of rotatable bonds is 4. The van der Waals surface area contributed by atoms with E-state index in [0.717, 1.165) is 0 Å². The number of anilines is 1. The minimum absolute atomic E-state index is 0.167. The molecule has 2 aromatic rings. The number of nitrogens with one attached hydrogen (secondary N) is 1. The van der Waals surface area contributed by atoms with E-state index in [0.29, 0.717) is 42.4 Å². The van der Waals surface area contributed by atoms with Gasteiger partial charge in [-0.2, -0.15) is 0 Å². The van der Waals surface area contributed by atoms with Crippen molar-refractivity contribution in [2.75, 3.05) is 18.5 Å². The number of hydrogen-bond donors (Lipinski definition) is 1. The predicted octanol–water partition coefficient (Wildman–Crippen LogP) is 3.17. The van der Waals surface area contributed by atoms with Crippen LogP contribution in [-0.2, 0) is 11.2 Å². The third-order valence-corrected chi connectivity index (χ3v) is 3.41. The Morgan fingerprint density at radius 1 is 1.09 bits per heavy atom. The van der Waals surface area contributed by atoms with Crippen LogP contribution in [0.15, 0.2) is 42.5 Å². The first-order valence-electron chi connectivity index (χ1n) is 7.15. The van der Waals surface area contributed by atoms with Crippen LogP contribution in [0.25, 0.3) is 0 Å². The highest BCUT2D eigenvalue weighted by Gasteiger charge is 2.13. The van der Waals surface area contributed by atoms with Gasteiger partial charge < -0.3 is 14.8 Å². The smallest absolute Gasteiger partial charge is 0.224 e. The molecule has 0 aliphatic carbocycles. The van der Waals surface area contributed by atoms with Gasteiger partial charge in [-0.05, 0) is 30.2 Å². The van der Waals surface area contributed by atoms with Crippen LogP contribution in [0, 0.1) is 5.82 Å². The number of hydrogen-bond acceptors (Lipinski definition) is 3. The van der Waals surface area contributed by atoms with Crippen LogP contribution in [0.2, 0.25) is 0 Å². The quantitative estimate of drug-likeness (QED) is 0.943. The second kappa shape index (κ2) is 6.47. The van der Waals surface area contributed by atoms with E-state index in [1.807, 2.05) is 0 Å². The van der Waals surface area contributed by atoms with E-state index in [4.69, 9.17) is 9.47 Å². The first-order valence-corrected chi connectivity index (χ1v) is 7.15. The summed E-state index contributed by atoms with van der Waals surface area (Å²) in [5, 5.41) is 2.78. The normalized spacial score (nSPS) is 12.8. The number of aryl methyl sites for hydroxylation is 1. The number of halogens is 1. The third-order valence-electron chi connectivity index (χ3n) is 3.41. The lowest BCUT2D eigenvalue weighted by Gasteiger charge is -2.19. The summed E-state index contributed by atoms with van der Waals surface area (Å²) in [5.41, 5.74) is 1.18. The van der Waals surface area contributed by atoms with E-state index in [2.05, 4.69) is 5.32 Å². The summed E-state index contributed by atoms with van der Waals surface area (Å²) in [4.78, 5) is 12.0. The largest absolute Gasteiger partial charge is 0.486 e. The van der Waals surface area contributed by atoms with Crippen molar-refractivity contribution in [2.45, 2.75) is 12.8 Å². The SMILES string of the molecule is O=C(CCc1ccccc1F)Nc1ccc2c(c1)OCCO2. The molecule has 0 saturated heterocycles. The first kappa shape index (κ1) is 14.4. The molecule has 2 aromatic carbocycles. The zero-order valence-electron chi connectivity index (χ0n) is 12.0. The Hall–Kier alpha value is -2.56. The fourth-order valence-corrected chi connectivity index (χ4v) is 2.29. The molecule has 4 nitrogen and oxygen atoms in total. The van der Waals surface area contributed by atoms with Gasteiger partial charge in [-0.3, -0.25) is 4.79 Å². The van der Waals surface area contributed by atoms with Crippen molar-refractivity contribution in [3.05, 3.63) is 53.8 Å². The molecule has 0 saturated carbocycles. The highest BCUT2D eigenvalue weighted by Crippen LogP contribution is 2.32.